The first-order valence-electron chi connectivity index (χ1n) is 19.4. The van der Waals surface area contributed by atoms with E-state index in [2.05, 4.69) is 23.3 Å². The number of rotatable bonds is 34. The Morgan fingerprint density at radius 1 is 0.548 bits per heavy atom. The maximum atomic E-state index is 9.55. The van der Waals surface area contributed by atoms with Crippen molar-refractivity contribution in [1.82, 2.24) is 4.90 Å². The standard InChI is InChI=1S/C38H77N2O2/c1-3-5-7-9-11-13-15-17-19-21-23-25-27-29-36-42-37-34-40-32-31-39(33-35-41)38(40)30-28-26-24-22-20-18-16-14-12-10-8-6-4-2/h41H,3-37H2,1-2H3/q+1. The molecule has 250 valence electrons. The van der Waals surface area contributed by atoms with Crippen LogP contribution in [0.5, 0.6) is 0 Å². The van der Waals surface area contributed by atoms with Crippen molar-refractivity contribution >= 4 is 5.84 Å². The third kappa shape index (κ3) is 23.8. The Hall–Kier alpha value is -0.610. The zero-order valence-corrected chi connectivity index (χ0v) is 29.0. The normalized spacial score (nSPS) is 13.6. The number of hydrogen-bond donors (Lipinski definition) is 1. The van der Waals surface area contributed by atoms with Crippen LogP contribution in [-0.2, 0) is 4.74 Å². The van der Waals surface area contributed by atoms with Crippen molar-refractivity contribution in [3.63, 3.8) is 0 Å². The number of aliphatic hydroxyl groups excluding tert-OH is 1. The van der Waals surface area contributed by atoms with Gasteiger partial charge in [-0.15, -0.1) is 0 Å². The van der Waals surface area contributed by atoms with E-state index in [1.54, 1.807) is 0 Å². The van der Waals surface area contributed by atoms with Crippen molar-refractivity contribution in [3.05, 3.63) is 0 Å². The molecule has 1 N–H and O–H groups in total. The summed E-state index contributed by atoms with van der Waals surface area (Å²) in [7, 11) is 0. The lowest BCUT2D eigenvalue weighted by molar-refractivity contribution is -0.521. The van der Waals surface area contributed by atoms with Gasteiger partial charge < -0.3 is 9.84 Å². The van der Waals surface area contributed by atoms with Crippen LogP contribution in [-0.4, -0.2) is 66.4 Å². The summed E-state index contributed by atoms with van der Waals surface area (Å²) >= 11 is 0. The molecule has 0 aromatic carbocycles. The fourth-order valence-electron chi connectivity index (χ4n) is 6.59. The van der Waals surface area contributed by atoms with Gasteiger partial charge in [-0.2, -0.15) is 0 Å². The number of unbranched alkanes of at least 4 members (excludes halogenated alkanes) is 25. The Morgan fingerprint density at radius 2 is 0.952 bits per heavy atom. The minimum absolute atomic E-state index is 0.256. The first-order chi connectivity index (χ1) is 20.8. The highest BCUT2D eigenvalue weighted by molar-refractivity contribution is 5.78. The Morgan fingerprint density at radius 3 is 1.38 bits per heavy atom. The van der Waals surface area contributed by atoms with Crippen LogP contribution in [0, 0.1) is 0 Å². The molecule has 0 bridgehead atoms. The van der Waals surface area contributed by atoms with E-state index in [9.17, 15) is 5.11 Å². The fraction of sp³-hybridized carbons (Fsp3) is 0.974. The van der Waals surface area contributed by atoms with Crippen LogP contribution in [0.3, 0.4) is 0 Å². The molecule has 1 rings (SSSR count). The molecule has 0 aromatic heterocycles. The number of β-amino-alcohol motifs (C(OH)–C–C–N with tert-alkyl or cyclic N) is 1. The Kier molecular flexibility index (Phi) is 29.8. The molecular weight excluding hydrogens is 516 g/mol. The van der Waals surface area contributed by atoms with E-state index in [0.29, 0.717) is 0 Å². The van der Waals surface area contributed by atoms with Gasteiger partial charge in [-0.3, -0.25) is 9.48 Å². The molecule has 1 aliphatic rings. The smallest absolute Gasteiger partial charge is 0.247 e. The summed E-state index contributed by atoms with van der Waals surface area (Å²) in [6, 6.07) is 0. The second-order valence-corrected chi connectivity index (χ2v) is 13.3. The quantitative estimate of drug-likeness (QED) is 0.0595. The van der Waals surface area contributed by atoms with E-state index in [-0.39, 0.29) is 6.61 Å². The van der Waals surface area contributed by atoms with Gasteiger partial charge in [0.05, 0.1) is 13.2 Å². The van der Waals surface area contributed by atoms with Crippen LogP contribution in [0.2, 0.25) is 0 Å². The lowest BCUT2D eigenvalue weighted by Crippen LogP contribution is -2.33. The maximum Gasteiger partial charge on any atom is 0.247 e. The molecule has 0 saturated carbocycles. The van der Waals surface area contributed by atoms with Crippen molar-refractivity contribution in [3.8, 4) is 0 Å². The minimum Gasteiger partial charge on any atom is -0.392 e. The summed E-state index contributed by atoms with van der Waals surface area (Å²) in [6.45, 7) is 10.6. The van der Waals surface area contributed by atoms with E-state index in [1.165, 1.54) is 179 Å². The third-order valence-corrected chi connectivity index (χ3v) is 9.39. The molecule has 0 aliphatic carbocycles. The number of ether oxygens (including phenoxy) is 1. The molecule has 1 aliphatic heterocycles. The second-order valence-electron chi connectivity index (χ2n) is 13.3. The van der Waals surface area contributed by atoms with Crippen molar-refractivity contribution in [2.45, 2.75) is 194 Å². The highest BCUT2D eigenvalue weighted by Crippen LogP contribution is 2.16. The Bertz CT molecular complexity index is 579. The summed E-state index contributed by atoms with van der Waals surface area (Å²) in [5, 5.41) is 9.55. The second kappa shape index (κ2) is 31.8. The lowest BCUT2D eigenvalue weighted by Gasteiger charge is -2.14. The molecule has 0 unspecified atom stereocenters. The van der Waals surface area contributed by atoms with Gasteiger partial charge in [-0.05, 0) is 12.8 Å². The van der Waals surface area contributed by atoms with E-state index >= 15 is 0 Å². The molecule has 4 nitrogen and oxygen atoms in total. The molecule has 0 aromatic rings. The Labute approximate surface area is 264 Å². The topological polar surface area (TPSA) is 35.7 Å². The number of nitrogens with zero attached hydrogens (tertiary/aromatic N) is 2. The van der Waals surface area contributed by atoms with Crippen LogP contribution in [0.1, 0.15) is 194 Å². The van der Waals surface area contributed by atoms with Crippen molar-refractivity contribution in [1.29, 1.82) is 0 Å². The summed E-state index contributed by atoms with van der Waals surface area (Å²) in [4.78, 5) is 2.54. The third-order valence-electron chi connectivity index (χ3n) is 9.39. The molecule has 0 saturated heterocycles. The minimum atomic E-state index is 0.256. The fourth-order valence-corrected chi connectivity index (χ4v) is 6.59. The van der Waals surface area contributed by atoms with Crippen molar-refractivity contribution in [2.24, 2.45) is 0 Å². The number of aliphatic hydroxyl groups is 1. The molecule has 1 heterocycles. The Balaban J connectivity index is 1.97. The van der Waals surface area contributed by atoms with Gasteiger partial charge in [0.25, 0.3) is 0 Å². The maximum absolute atomic E-state index is 9.55. The average Bonchev–Trinajstić information content (AvgIpc) is 3.38. The predicted molar refractivity (Wildman–Crippen MR) is 185 cm³/mol. The van der Waals surface area contributed by atoms with Gasteiger partial charge in [0.2, 0.25) is 5.84 Å². The van der Waals surface area contributed by atoms with E-state index in [1.807, 2.05) is 0 Å². The van der Waals surface area contributed by atoms with Gasteiger partial charge >= 0.3 is 0 Å². The molecule has 0 atom stereocenters. The van der Waals surface area contributed by atoms with Crippen LogP contribution in [0.15, 0.2) is 0 Å². The van der Waals surface area contributed by atoms with Gasteiger partial charge in [-0.1, -0.05) is 174 Å². The van der Waals surface area contributed by atoms with E-state index < -0.39 is 0 Å². The average molecular weight is 594 g/mol. The molecular formula is C38H77N2O2+. The van der Waals surface area contributed by atoms with Crippen LogP contribution in [0.25, 0.3) is 0 Å². The number of hydrogen-bond acceptors (Lipinski definition) is 3. The largest absolute Gasteiger partial charge is 0.392 e. The van der Waals surface area contributed by atoms with E-state index in [0.717, 1.165) is 45.8 Å². The summed E-state index contributed by atoms with van der Waals surface area (Å²) in [5.41, 5.74) is 0. The summed E-state index contributed by atoms with van der Waals surface area (Å²) in [5.74, 6) is 1.47. The zero-order valence-electron chi connectivity index (χ0n) is 29.0. The van der Waals surface area contributed by atoms with Gasteiger partial charge in [-0.25, -0.2) is 0 Å². The van der Waals surface area contributed by atoms with Gasteiger partial charge in [0, 0.05) is 13.0 Å². The molecule has 4 heteroatoms. The monoisotopic (exact) mass is 594 g/mol. The summed E-state index contributed by atoms with van der Waals surface area (Å²) < 4.78 is 8.47. The first kappa shape index (κ1) is 39.4. The summed E-state index contributed by atoms with van der Waals surface area (Å²) in [6.07, 6.45) is 39.1. The predicted octanol–water partition coefficient (Wildman–Crippen LogP) is 10.7. The van der Waals surface area contributed by atoms with Gasteiger partial charge in [0.1, 0.15) is 26.2 Å². The molecule has 0 spiro atoms. The van der Waals surface area contributed by atoms with Crippen LogP contribution < -0.4 is 0 Å². The van der Waals surface area contributed by atoms with Crippen LogP contribution >= 0.6 is 0 Å². The van der Waals surface area contributed by atoms with Gasteiger partial charge in [0.15, 0.2) is 0 Å². The molecule has 0 radical (unpaired) electrons. The van der Waals surface area contributed by atoms with Crippen molar-refractivity contribution < 1.29 is 14.4 Å². The van der Waals surface area contributed by atoms with Crippen LogP contribution in [0.4, 0.5) is 0 Å². The van der Waals surface area contributed by atoms with Crippen molar-refractivity contribution in [2.75, 3.05) is 46.0 Å². The highest BCUT2D eigenvalue weighted by atomic mass is 16.5. The lowest BCUT2D eigenvalue weighted by atomic mass is 10.0. The molecule has 0 fully saturated rings. The molecule has 0 amide bonds. The SMILES string of the molecule is CCCCCCCCCCCCCCCCOCCN1CC[N+](CCO)=C1CCCCCCCCCCCCCCC. The molecule has 42 heavy (non-hydrogen) atoms. The first-order valence-corrected chi connectivity index (χ1v) is 19.4. The highest BCUT2D eigenvalue weighted by Gasteiger charge is 2.29. The number of amidine groups is 1. The van der Waals surface area contributed by atoms with E-state index in [4.69, 9.17) is 4.74 Å². The zero-order chi connectivity index (χ0) is 30.2.